The lowest BCUT2D eigenvalue weighted by molar-refractivity contribution is -0.140. The SMILES string of the molecule is COC(=O)Cc1cc2c(c(OC)c1C(=O)OC)c(=O)c1cc3c(=O)c4c(OC)c(C(=O)OC)c(CC(=O)OC)cc4c3cc12. The van der Waals surface area contributed by atoms with Gasteiger partial charge in [0.1, 0.15) is 22.6 Å². The van der Waals surface area contributed by atoms with Gasteiger partial charge in [-0.1, -0.05) is 0 Å². The number of methoxy groups -OCH3 is 6. The Bertz CT molecular complexity index is 2000. The molecule has 0 aliphatic heterocycles. The zero-order chi connectivity index (χ0) is 32.0. The van der Waals surface area contributed by atoms with Gasteiger partial charge < -0.3 is 28.4 Å². The van der Waals surface area contributed by atoms with Crippen molar-refractivity contribution in [1.29, 1.82) is 0 Å². The monoisotopic (exact) mass is 602 g/mol. The van der Waals surface area contributed by atoms with Crippen molar-refractivity contribution < 1.29 is 47.6 Å². The Morgan fingerprint density at radius 1 is 0.500 bits per heavy atom. The molecule has 0 aliphatic rings. The van der Waals surface area contributed by atoms with Crippen LogP contribution in [0.2, 0.25) is 0 Å². The third kappa shape index (κ3) is 4.37. The van der Waals surface area contributed by atoms with Crippen LogP contribution in [0.4, 0.5) is 0 Å². The first kappa shape index (κ1) is 30.0. The van der Waals surface area contributed by atoms with Crippen LogP contribution in [0.5, 0.6) is 11.5 Å². The number of fused-ring (bicyclic) bond motifs is 6. The minimum atomic E-state index is -0.814. The number of benzene rings is 3. The van der Waals surface area contributed by atoms with Gasteiger partial charge in [0.05, 0.1) is 66.3 Å². The fourth-order valence-electron chi connectivity index (χ4n) is 5.78. The van der Waals surface area contributed by atoms with Crippen LogP contribution in [0.1, 0.15) is 31.8 Å². The molecule has 0 heterocycles. The van der Waals surface area contributed by atoms with E-state index in [9.17, 15) is 28.8 Å². The van der Waals surface area contributed by atoms with Gasteiger partial charge in [0.2, 0.25) is 0 Å². The number of carbonyl (C=O) groups excluding carboxylic acids is 4. The summed E-state index contributed by atoms with van der Waals surface area (Å²) in [5.41, 5.74) is -0.796. The molecule has 0 N–H and O–H groups in total. The summed E-state index contributed by atoms with van der Waals surface area (Å²) in [7, 11) is 7.30. The molecule has 5 aromatic carbocycles. The second-order valence-electron chi connectivity index (χ2n) is 9.82. The average molecular weight is 603 g/mol. The van der Waals surface area contributed by atoms with Crippen molar-refractivity contribution in [2.45, 2.75) is 12.8 Å². The maximum Gasteiger partial charge on any atom is 0.341 e. The Balaban J connectivity index is 1.96. The molecule has 0 radical (unpaired) electrons. The van der Waals surface area contributed by atoms with Crippen molar-refractivity contribution in [2.75, 3.05) is 42.7 Å². The van der Waals surface area contributed by atoms with Gasteiger partial charge in [0.25, 0.3) is 0 Å². The van der Waals surface area contributed by atoms with E-state index >= 15 is 0 Å². The van der Waals surface area contributed by atoms with Crippen LogP contribution in [0.3, 0.4) is 0 Å². The van der Waals surface area contributed by atoms with E-state index in [4.69, 9.17) is 28.4 Å². The molecule has 0 spiro atoms. The number of carbonyl (C=O) groups is 4. The molecule has 5 aromatic rings. The number of hydrogen-bond acceptors (Lipinski definition) is 12. The molecule has 0 bridgehead atoms. The molecular formula is C32H26O12. The summed E-state index contributed by atoms with van der Waals surface area (Å²) in [5, 5.41) is 2.01. The zero-order valence-corrected chi connectivity index (χ0v) is 24.6. The Morgan fingerprint density at radius 3 is 1.18 bits per heavy atom. The lowest BCUT2D eigenvalue weighted by Crippen LogP contribution is -2.14. The van der Waals surface area contributed by atoms with Crippen molar-refractivity contribution >= 4 is 67.0 Å². The lowest BCUT2D eigenvalue weighted by atomic mass is 9.97. The summed E-state index contributed by atoms with van der Waals surface area (Å²) < 4.78 is 30.5. The van der Waals surface area contributed by atoms with Gasteiger partial charge in [-0.3, -0.25) is 19.2 Å². The van der Waals surface area contributed by atoms with Gasteiger partial charge in [-0.15, -0.1) is 0 Å². The first-order valence-electron chi connectivity index (χ1n) is 13.1. The van der Waals surface area contributed by atoms with E-state index in [1.807, 2.05) is 0 Å². The van der Waals surface area contributed by atoms with Crippen LogP contribution >= 0.6 is 0 Å². The summed E-state index contributed by atoms with van der Waals surface area (Å²) in [5.74, 6) is -3.06. The quantitative estimate of drug-likeness (QED) is 0.189. The van der Waals surface area contributed by atoms with Crippen molar-refractivity contribution in [3.05, 3.63) is 67.0 Å². The fraction of sp³-hybridized carbons (Fsp3) is 0.250. The highest BCUT2D eigenvalue weighted by atomic mass is 16.5. The van der Waals surface area contributed by atoms with Gasteiger partial charge in [-0.2, -0.15) is 0 Å². The molecule has 0 unspecified atom stereocenters. The molecule has 0 fully saturated rings. The van der Waals surface area contributed by atoms with Gasteiger partial charge in [0, 0.05) is 10.8 Å². The van der Waals surface area contributed by atoms with Crippen molar-refractivity contribution in [1.82, 2.24) is 0 Å². The Morgan fingerprint density at radius 2 is 0.864 bits per heavy atom. The summed E-state index contributed by atoms with van der Waals surface area (Å²) in [6, 6.07) is 6.12. The molecule has 226 valence electrons. The lowest BCUT2D eigenvalue weighted by Gasteiger charge is -2.13. The molecule has 12 heteroatoms. The molecular weight excluding hydrogens is 576 g/mol. The Hall–Kier alpha value is -5.52. The largest absolute Gasteiger partial charge is 0.495 e. The molecule has 0 saturated carbocycles. The van der Waals surface area contributed by atoms with E-state index in [-0.39, 0.29) is 68.1 Å². The van der Waals surface area contributed by atoms with Gasteiger partial charge in [-0.05, 0) is 56.9 Å². The molecule has 5 rings (SSSR count). The first-order chi connectivity index (χ1) is 21.1. The minimum absolute atomic E-state index is 0.0675. The standard InChI is InChI=1S/C32H26O12/c1-39-21(33)9-13-7-17-15-11-16-18-8-14(10-22(34)40-2)24(32(38)44-6)30(42-4)26(18)28(36)20(16)12-19(15)27(35)25(17)29(41-3)23(13)31(37)43-5/h7-8,11-12H,9-10H2,1-6H3. The van der Waals surface area contributed by atoms with Gasteiger partial charge in [-0.25, -0.2) is 9.59 Å². The first-order valence-corrected chi connectivity index (χ1v) is 13.1. The summed E-state index contributed by atoms with van der Waals surface area (Å²) >= 11 is 0. The second kappa shape index (κ2) is 11.3. The maximum atomic E-state index is 13.8. The van der Waals surface area contributed by atoms with E-state index in [1.54, 1.807) is 6.07 Å². The second-order valence-corrected chi connectivity index (χ2v) is 9.82. The van der Waals surface area contributed by atoms with Crippen LogP contribution in [0, 0.1) is 0 Å². The van der Waals surface area contributed by atoms with Crippen LogP contribution < -0.4 is 20.3 Å². The third-order valence-electron chi connectivity index (χ3n) is 7.72. The summed E-state index contributed by atoms with van der Waals surface area (Å²) in [6.07, 6.45) is -0.629. The molecule has 44 heavy (non-hydrogen) atoms. The smallest absolute Gasteiger partial charge is 0.341 e. The average Bonchev–Trinajstić information content (AvgIpc) is 3.46. The fourth-order valence-corrected chi connectivity index (χ4v) is 5.78. The van der Waals surface area contributed by atoms with Gasteiger partial charge in [0.15, 0.2) is 10.9 Å². The zero-order valence-electron chi connectivity index (χ0n) is 24.6. The van der Waals surface area contributed by atoms with Crippen molar-refractivity contribution in [3.63, 3.8) is 0 Å². The van der Waals surface area contributed by atoms with Crippen LogP contribution in [-0.2, 0) is 41.4 Å². The third-order valence-corrected chi connectivity index (χ3v) is 7.72. The van der Waals surface area contributed by atoms with E-state index in [0.717, 1.165) is 14.2 Å². The van der Waals surface area contributed by atoms with E-state index in [2.05, 4.69) is 0 Å². The molecule has 0 saturated heterocycles. The van der Waals surface area contributed by atoms with E-state index < -0.39 is 34.7 Å². The van der Waals surface area contributed by atoms with E-state index in [1.165, 1.54) is 46.6 Å². The Kier molecular flexibility index (Phi) is 7.68. The van der Waals surface area contributed by atoms with Crippen molar-refractivity contribution in [2.24, 2.45) is 0 Å². The maximum absolute atomic E-state index is 13.8. The number of ether oxygens (including phenoxy) is 6. The van der Waals surface area contributed by atoms with Crippen molar-refractivity contribution in [3.8, 4) is 11.5 Å². The van der Waals surface area contributed by atoms with Crippen LogP contribution in [-0.4, -0.2) is 66.5 Å². The number of esters is 4. The molecule has 0 amide bonds. The van der Waals surface area contributed by atoms with Crippen LogP contribution in [0.25, 0.3) is 43.1 Å². The number of rotatable bonds is 8. The van der Waals surface area contributed by atoms with Crippen LogP contribution in [0.15, 0.2) is 33.9 Å². The highest BCUT2D eigenvalue weighted by Crippen LogP contribution is 2.41. The molecule has 0 aliphatic carbocycles. The normalized spacial score (nSPS) is 11.2. The predicted molar refractivity (Wildman–Crippen MR) is 159 cm³/mol. The van der Waals surface area contributed by atoms with E-state index in [0.29, 0.717) is 21.5 Å². The minimum Gasteiger partial charge on any atom is -0.495 e. The summed E-state index contributed by atoms with van der Waals surface area (Å²) in [6.45, 7) is 0. The molecule has 0 aromatic heterocycles. The number of hydrogen-bond donors (Lipinski definition) is 0. The predicted octanol–water partition coefficient (Wildman–Crippen LogP) is 2.92. The highest BCUT2D eigenvalue weighted by molar-refractivity contribution is 6.24. The highest BCUT2D eigenvalue weighted by Gasteiger charge is 2.30. The summed E-state index contributed by atoms with van der Waals surface area (Å²) in [4.78, 5) is 77.8. The topological polar surface area (TPSA) is 158 Å². The van der Waals surface area contributed by atoms with Gasteiger partial charge >= 0.3 is 23.9 Å². The molecule has 12 nitrogen and oxygen atoms in total. The molecule has 0 atom stereocenters. The Labute approximate surface area is 248 Å².